The number of ether oxygens (including phenoxy) is 1. The van der Waals surface area contributed by atoms with Gasteiger partial charge in [0.05, 0.1) is 13.2 Å². The molecule has 2 N–H and O–H groups in total. The van der Waals surface area contributed by atoms with Crippen LogP contribution in [0.3, 0.4) is 0 Å². The second-order valence-corrected chi connectivity index (χ2v) is 4.67. The van der Waals surface area contributed by atoms with Crippen LogP contribution in [0.2, 0.25) is 5.02 Å². The van der Waals surface area contributed by atoms with Crippen molar-refractivity contribution >= 4 is 11.6 Å². The highest BCUT2D eigenvalue weighted by atomic mass is 35.5. The predicted octanol–water partition coefficient (Wildman–Crippen LogP) is 1.77. The van der Waals surface area contributed by atoms with Crippen LogP contribution < -0.4 is 5.73 Å². The summed E-state index contributed by atoms with van der Waals surface area (Å²) in [6.45, 7) is 1.34. The van der Waals surface area contributed by atoms with Gasteiger partial charge in [-0.3, -0.25) is 0 Å². The molecule has 5 nitrogen and oxygen atoms in total. The summed E-state index contributed by atoms with van der Waals surface area (Å²) in [6.07, 6.45) is 0.266. The Hall–Kier alpha value is -1.50. The molecular weight excluding hydrogens is 283 g/mol. The standard InChI is InChI=1S/C13H16ClFN4O/c1-20-6-5-19-12(17-18-13(19)8-16)7-9-10(14)3-2-4-11(9)15/h2-4H,5-8,16H2,1H3. The van der Waals surface area contributed by atoms with Crippen molar-refractivity contribution in [1.29, 1.82) is 0 Å². The quantitative estimate of drug-likeness (QED) is 0.882. The number of nitrogens with zero attached hydrogens (tertiary/aromatic N) is 3. The third-order valence-corrected chi connectivity index (χ3v) is 3.36. The molecule has 0 fully saturated rings. The van der Waals surface area contributed by atoms with Gasteiger partial charge in [-0.15, -0.1) is 10.2 Å². The molecule has 0 aliphatic rings. The first-order valence-corrected chi connectivity index (χ1v) is 6.58. The highest BCUT2D eigenvalue weighted by Gasteiger charge is 2.15. The zero-order valence-corrected chi connectivity index (χ0v) is 11.9. The Morgan fingerprint density at radius 2 is 2.10 bits per heavy atom. The third kappa shape index (κ3) is 3.15. The number of methoxy groups -OCH3 is 1. The largest absolute Gasteiger partial charge is 0.383 e. The SMILES string of the molecule is COCCn1c(CN)nnc1Cc1c(F)cccc1Cl. The molecule has 0 aliphatic carbocycles. The second-order valence-electron chi connectivity index (χ2n) is 4.26. The van der Waals surface area contributed by atoms with Crippen molar-refractivity contribution in [3.63, 3.8) is 0 Å². The van der Waals surface area contributed by atoms with Crippen LogP contribution >= 0.6 is 11.6 Å². The van der Waals surface area contributed by atoms with Crippen molar-refractivity contribution in [2.24, 2.45) is 5.73 Å². The van der Waals surface area contributed by atoms with Crippen LogP contribution in [0.15, 0.2) is 18.2 Å². The lowest BCUT2D eigenvalue weighted by Crippen LogP contribution is -2.14. The number of aromatic nitrogens is 3. The lowest BCUT2D eigenvalue weighted by Gasteiger charge is -2.10. The first-order valence-electron chi connectivity index (χ1n) is 6.20. The molecule has 0 spiro atoms. The maximum Gasteiger partial charge on any atom is 0.146 e. The Bertz CT molecular complexity index is 567. The van der Waals surface area contributed by atoms with E-state index in [-0.39, 0.29) is 18.8 Å². The molecule has 0 aliphatic heterocycles. The molecule has 108 valence electrons. The average Bonchev–Trinajstić information content (AvgIpc) is 2.82. The van der Waals surface area contributed by atoms with E-state index >= 15 is 0 Å². The van der Waals surface area contributed by atoms with Gasteiger partial charge < -0.3 is 15.0 Å². The number of benzene rings is 1. The van der Waals surface area contributed by atoms with Crippen LogP contribution in [-0.2, 0) is 24.2 Å². The van der Waals surface area contributed by atoms with E-state index in [4.69, 9.17) is 22.1 Å². The smallest absolute Gasteiger partial charge is 0.146 e. The number of rotatable bonds is 6. The molecule has 0 unspecified atom stereocenters. The number of hydrogen-bond acceptors (Lipinski definition) is 4. The molecule has 0 saturated carbocycles. The molecule has 2 aromatic rings. The fraction of sp³-hybridized carbons (Fsp3) is 0.385. The van der Waals surface area contributed by atoms with Crippen LogP contribution in [0.5, 0.6) is 0 Å². The normalized spacial score (nSPS) is 11.0. The monoisotopic (exact) mass is 298 g/mol. The number of hydrogen-bond donors (Lipinski definition) is 1. The van der Waals surface area contributed by atoms with Gasteiger partial charge in [-0.2, -0.15) is 0 Å². The zero-order chi connectivity index (χ0) is 14.5. The third-order valence-electron chi connectivity index (χ3n) is 3.00. The van der Waals surface area contributed by atoms with Crippen LogP contribution in [0.1, 0.15) is 17.2 Å². The van der Waals surface area contributed by atoms with Gasteiger partial charge in [0, 0.05) is 30.7 Å². The molecule has 1 aromatic carbocycles. The Kier molecular flexibility index (Phi) is 5.05. The van der Waals surface area contributed by atoms with E-state index in [0.717, 1.165) is 0 Å². The minimum absolute atomic E-state index is 0.266. The van der Waals surface area contributed by atoms with Crippen LogP contribution in [0, 0.1) is 5.82 Å². The summed E-state index contributed by atoms with van der Waals surface area (Å²) in [5.74, 6) is 0.909. The van der Waals surface area contributed by atoms with Crippen molar-refractivity contribution in [3.8, 4) is 0 Å². The molecule has 2 rings (SSSR count). The summed E-state index contributed by atoms with van der Waals surface area (Å²) in [5.41, 5.74) is 6.03. The number of nitrogens with two attached hydrogens (primary N) is 1. The second kappa shape index (κ2) is 6.78. The highest BCUT2D eigenvalue weighted by Crippen LogP contribution is 2.22. The molecule has 0 radical (unpaired) electrons. The van der Waals surface area contributed by atoms with Crippen molar-refractivity contribution < 1.29 is 9.13 Å². The molecule has 0 atom stereocenters. The van der Waals surface area contributed by atoms with Gasteiger partial charge in [-0.25, -0.2) is 4.39 Å². The van der Waals surface area contributed by atoms with Gasteiger partial charge in [0.2, 0.25) is 0 Å². The minimum atomic E-state index is -0.354. The minimum Gasteiger partial charge on any atom is -0.383 e. The summed E-state index contributed by atoms with van der Waals surface area (Å²) in [6, 6.07) is 4.60. The summed E-state index contributed by atoms with van der Waals surface area (Å²) in [4.78, 5) is 0. The Morgan fingerprint density at radius 1 is 1.35 bits per heavy atom. The van der Waals surface area contributed by atoms with Crippen LogP contribution in [0.4, 0.5) is 4.39 Å². The van der Waals surface area contributed by atoms with E-state index in [1.165, 1.54) is 6.07 Å². The Labute approximate surface area is 121 Å². The molecule has 0 bridgehead atoms. The summed E-state index contributed by atoms with van der Waals surface area (Å²) in [7, 11) is 1.61. The molecular formula is C13H16ClFN4O. The summed E-state index contributed by atoms with van der Waals surface area (Å²) < 4.78 is 20.7. The van der Waals surface area contributed by atoms with Gasteiger partial charge in [0.1, 0.15) is 17.5 Å². The molecule has 1 heterocycles. The van der Waals surface area contributed by atoms with Gasteiger partial charge in [0.25, 0.3) is 0 Å². The van der Waals surface area contributed by atoms with E-state index in [9.17, 15) is 4.39 Å². The fourth-order valence-corrected chi connectivity index (χ4v) is 2.18. The van der Waals surface area contributed by atoms with E-state index in [0.29, 0.717) is 35.4 Å². The number of halogens is 2. The van der Waals surface area contributed by atoms with E-state index in [1.807, 2.05) is 4.57 Å². The van der Waals surface area contributed by atoms with E-state index in [2.05, 4.69) is 10.2 Å². The molecule has 0 amide bonds. The lowest BCUT2D eigenvalue weighted by atomic mass is 10.1. The Morgan fingerprint density at radius 3 is 2.75 bits per heavy atom. The van der Waals surface area contributed by atoms with Gasteiger partial charge in [0.15, 0.2) is 0 Å². The summed E-state index contributed by atoms with van der Waals surface area (Å²) in [5, 5.41) is 8.45. The van der Waals surface area contributed by atoms with Gasteiger partial charge in [-0.1, -0.05) is 17.7 Å². The van der Waals surface area contributed by atoms with Gasteiger partial charge in [-0.05, 0) is 12.1 Å². The zero-order valence-electron chi connectivity index (χ0n) is 11.1. The fourth-order valence-electron chi connectivity index (χ4n) is 1.95. The summed E-state index contributed by atoms with van der Waals surface area (Å²) >= 11 is 6.03. The lowest BCUT2D eigenvalue weighted by molar-refractivity contribution is 0.185. The maximum atomic E-state index is 13.8. The average molecular weight is 299 g/mol. The topological polar surface area (TPSA) is 66.0 Å². The molecule has 20 heavy (non-hydrogen) atoms. The van der Waals surface area contributed by atoms with E-state index < -0.39 is 0 Å². The molecule has 7 heteroatoms. The molecule has 0 saturated heterocycles. The van der Waals surface area contributed by atoms with Crippen molar-refractivity contribution in [2.45, 2.75) is 19.5 Å². The van der Waals surface area contributed by atoms with Crippen LogP contribution in [-0.4, -0.2) is 28.5 Å². The van der Waals surface area contributed by atoms with Gasteiger partial charge >= 0.3 is 0 Å². The van der Waals surface area contributed by atoms with Crippen molar-refractivity contribution in [2.75, 3.05) is 13.7 Å². The van der Waals surface area contributed by atoms with Crippen LogP contribution in [0.25, 0.3) is 0 Å². The first-order chi connectivity index (χ1) is 9.67. The Balaban J connectivity index is 2.31. The highest BCUT2D eigenvalue weighted by molar-refractivity contribution is 6.31. The van der Waals surface area contributed by atoms with E-state index in [1.54, 1.807) is 19.2 Å². The maximum absolute atomic E-state index is 13.8. The molecule has 1 aromatic heterocycles. The first kappa shape index (κ1) is 14.9. The predicted molar refractivity (Wildman–Crippen MR) is 74.0 cm³/mol. The van der Waals surface area contributed by atoms with Crippen molar-refractivity contribution in [1.82, 2.24) is 14.8 Å². The van der Waals surface area contributed by atoms with Crippen molar-refractivity contribution in [3.05, 3.63) is 46.3 Å².